The topological polar surface area (TPSA) is 163 Å². The van der Waals surface area contributed by atoms with Crippen LogP contribution in [0, 0.1) is 20.2 Å². The van der Waals surface area contributed by atoms with E-state index in [2.05, 4.69) is 10.6 Å². The first kappa shape index (κ1) is 29.8. The Balaban J connectivity index is 1.55. The normalized spacial score (nSPS) is 10.5. The molecular weight excluding hydrogens is 591 g/mol. The highest BCUT2D eigenvalue weighted by Crippen LogP contribution is 2.36. The average Bonchev–Trinajstić information content (AvgIpc) is 2.97. The van der Waals surface area contributed by atoms with Crippen LogP contribution in [0.1, 0.15) is 20.7 Å². The third-order valence-corrected chi connectivity index (χ3v) is 6.67. The molecule has 0 aliphatic rings. The second-order valence-electron chi connectivity index (χ2n) is 8.58. The zero-order chi connectivity index (χ0) is 30.6. The molecule has 0 atom stereocenters. The third-order valence-electron chi connectivity index (χ3n) is 6.05. The van der Waals surface area contributed by atoms with Crippen molar-refractivity contribution < 1.29 is 28.9 Å². The quantitative estimate of drug-likeness (QED) is 0.151. The SMILES string of the molecule is COc1cc(-c2ccc(NC(=O)c3ccc([N+](=O)[O-])cc3Cl)c(OC)c2)ccc1NC(=O)c1ccc([N+](=O)[O-])cc1Cl. The zero-order valence-corrected chi connectivity index (χ0v) is 23.4. The summed E-state index contributed by atoms with van der Waals surface area (Å²) in [6, 6.07) is 17.1. The first-order valence-corrected chi connectivity index (χ1v) is 12.6. The van der Waals surface area contributed by atoms with E-state index in [1.54, 1.807) is 36.4 Å². The third kappa shape index (κ3) is 6.40. The number of ether oxygens (including phenoxy) is 2. The largest absolute Gasteiger partial charge is 0.495 e. The molecular formula is C28H20Cl2N4O8. The van der Waals surface area contributed by atoms with Gasteiger partial charge in [0.25, 0.3) is 23.2 Å². The van der Waals surface area contributed by atoms with Crippen molar-refractivity contribution in [2.45, 2.75) is 0 Å². The van der Waals surface area contributed by atoms with Crippen LogP contribution in [0.4, 0.5) is 22.7 Å². The van der Waals surface area contributed by atoms with E-state index in [0.29, 0.717) is 34.0 Å². The fourth-order valence-corrected chi connectivity index (χ4v) is 4.45. The van der Waals surface area contributed by atoms with E-state index >= 15 is 0 Å². The fraction of sp³-hybridized carbons (Fsp3) is 0.0714. The van der Waals surface area contributed by atoms with Crippen molar-refractivity contribution in [3.8, 4) is 22.6 Å². The maximum Gasteiger partial charge on any atom is 0.270 e. The number of benzene rings is 4. The van der Waals surface area contributed by atoms with Crippen LogP contribution in [0.5, 0.6) is 11.5 Å². The van der Waals surface area contributed by atoms with Crippen LogP contribution in [0.25, 0.3) is 11.1 Å². The molecule has 0 aliphatic heterocycles. The van der Waals surface area contributed by atoms with Gasteiger partial charge in [-0.15, -0.1) is 0 Å². The van der Waals surface area contributed by atoms with Crippen LogP contribution in [0.15, 0.2) is 72.8 Å². The highest BCUT2D eigenvalue weighted by atomic mass is 35.5. The van der Waals surface area contributed by atoms with Crippen molar-refractivity contribution in [3.05, 3.63) is 114 Å². The predicted molar refractivity (Wildman–Crippen MR) is 157 cm³/mol. The molecule has 12 nitrogen and oxygen atoms in total. The highest BCUT2D eigenvalue weighted by molar-refractivity contribution is 6.35. The summed E-state index contributed by atoms with van der Waals surface area (Å²) in [5.74, 6) is -0.530. The molecule has 2 N–H and O–H groups in total. The van der Waals surface area contributed by atoms with Crippen LogP contribution in [0.2, 0.25) is 10.0 Å². The Morgan fingerprint density at radius 1 is 0.643 bits per heavy atom. The van der Waals surface area contributed by atoms with Gasteiger partial charge in [0, 0.05) is 24.3 Å². The van der Waals surface area contributed by atoms with Crippen LogP contribution in [-0.2, 0) is 0 Å². The van der Waals surface area contributed by atoms with Crippen LogP contribution < -0.4 is 20.1 Å². The van der Waals surface area contributed by atoms with Crippen LogP contribution in [-0.4, -0.2) is 35.9 Å². The number of rotatable bonds is 9. The molecule has 42 heavy (non-hydrogen) atoms. The van der Waals surface area contributed by atoms with E-state index in [9.17, 15) is 29.8 Å². The molecule has 0 saturated heterocycles. The molecule has 0 spiro atoms. The number of non-ortho nitro benzene ring substituents is 2. The Morgan fingerprint density at radius 3 is 1.33 bits per heavy atom. The van der Waals surface area contributed by atoms with Crippen molar-refractivity contribution in [1.29, 1.82) is 0 Å². The number of halogens is 2. The number of carbonyl (C=O) groups is 2. The standard InChI is InChI=1S/C28H20Cl2N4O8/c1-41-25-11-15(3-9-23(25)31-27(35)19-7-5-17(33(37)38)13-21(19)29)16-4-10-24(26(12-16)42-2)32-28(36)20-8-6-18(34(39)40)14-22(20)30/h3-14H,1-2H3,(H,31,35)(H,32,36). The monoisotopic (exact) mass is 610 g/mol. The number of amides is 2. The number of hydrogen-bond acceptors (Lipinski definition) is 8. The summed E-state index contributed by atoms with van der Waals surface area (Å²) in [6.45, 7) is 0. The summed E-state index contributed by atoms with van der Waals surface area (Å²) in [5, 5.41) is 27.1. The number of nitrogens with one attached hydrogen (secondary N) is 2. The molecule has 0 aliphatic carbocycles. The summed E-state index contributed by atoms with van der Waals surface area (Å²) >= 11 is 12.2. The average molecular weight is 611 g/mol. The summed E-state index contributed by atoms with van der Waals surface area (Å²) < 4.78 is 10.9. The van der Waals surface area contributed by atoms with Gasteiger partial charge in [0.05, 0.1) is 56.6 Å². The van der Waals surface area contributed by atoms with E-state index in [4.69, 9.17) is 32.7 Å². The maximum atomic E-state index is 12.8. The second-order valence-corrected chi connectivity index (χ2v) is 9.40. The van der Waals surface area contributed by atoms with Gasteiger partial charge in [0.1, 0.15) is 11.5 Å². The number of nitrogens with zero attached hydrogens (tertiary/aromatic N) is 2. The van der Waals surface area contributed by atoms with E-state index in [-0.39, 0.29) is 32.5 Å². The summed E-state index contributed by atoms with van der Waals surface area (Å²) in [6.07, 6.45) is 0. The van der Waals surface area contributed by atoms with Gasteiger partial charge in [-0.05, 0) is 47.5 Å². The van der Waals surface area contributed by atoms with Gasteiger partial charge in [-0.3, -0.25) is 29.8 Å². The fourth-order valence-electron chi connectivity index (χ4n) is 3.93. The Bertz CT molecular complexity index is 1620. The van der Waals surface area contributed by atoms with Crippen molar-refractivity contribution in [1.82, 2.24) is 0 Å². The summed E-state index contributed by atoms with van der Waals surface area (Å²) in [5.41, 5.74) is 1.65. The number of anilines is 2. The van der Waals surface area contributed by atoms with Gasteiger partial charge in [0.15, 0.2) is 0 Å². The first-order valence-electron chi connectivity index (χ1n) is 11.9. The Labute approximate surface area is 248 Å². The molecule has 14 heteroatoms. The smallest absolute Gasteiger partial charge is 0.270 e. The Hall–Kier alpha value is -5.20. The minimum Gasteiger partial charge on any atom is -0.495 e. The van der Waals surface area contributed by atoms with Gasteiger partial charge >= 0.3 is 0 Å². The predicted octanol–water partition coefficient (Wildman–Crippen LogP) is 7.00. The van der Waals surface area contributed by atoms with E-state index in [1.165, 1.54) is 38.5 Å². The van der Waals surface area contributed by atoms with Gasteiger partial charge < -0.3 is 20.1 Å². The second kappa shape index (κ2) is 12.5. The molecule has 0 heterocycles. The van der Waals surface area contributed by atoms with Gasteiger partial charge in [0.2, 0.25) is 0 Å². The number of hydrogen-bond donors (Lipinski definition) is 2. The number of nitro groups is 2. The van der Waals surface area contributed by atoms with Crippen molar-refractivity contribution >= 4 is 57.8 Å². The van der Waals surface area contributed by atoms with Crippen molar-refractivity contribution in [3.63, 3.8) is 0 Å². The van der Waals surface area contributed by atoms with E-state index in [1.807, 2.05) is 0 Å². The molecule has 4 aromatic carbocycles. The van der Waals surface area contributed by atoms with E-state index < -0.39 is 21.7 Å². The minimum atomic E-state index is -0.612. The molecule has 0 radical (unpaired) electrons. The summed E-state index contributed by atoms with van der Waals surface area (Å²) in [7, 11) is 2.85. The molecule has 2 amide bonds. The first-order chi connectivity index (χ1) is 20.0. The molecule has 0 aromatic heterocycles. The lowest BCUT2D eigenvalue weighted by molar-refractivity contribution is -0.385. The van der Waals surface area contributed by atoms with Crippen molar-refractivity contribution in [2.75, 3.05) is 24.9 Å². The molecule has 0 unspecified atom stereocenters. The highest BCUT2D eigenvalue weighted by Gasteiger charge is 2.19. The van der Waals surface area contributed by atoms with Gasteiger partial charge in [-0.1, -0.05) is 35.3 Å². The molecule has 214 valence electrons. The molecule has 0 saturated carbocycles. The number of methoxy groups -OCH3 is 2. The minimum absolute atomic E-state index is 0.0470. The lowest BCUT2D eigenvalue weighted by atomic mass is 10.0. The van der Waals surface area contributed by atoms with Gasteiger partial charge in [-0.2, -0.15) is 0 Å². The van der Waals surface area contributed by atoms with Gasteiger partial charge in [-0.25, -0.2) is 0 Å². The maximum absolute atomic E-state index is 12.8. The molecule has 4 aromatic rings. The van der Waals surface area contributed by atoms with Crippen molar-refractivity contribution in [2.24, 2.45) is 0 Å². The summed E-state index contributed by atoms with van der Waals surface area (Å²) in [4.78, 5) is 46.3. The molecule has 0 bridgehead atoms. The molecule has 4 rings (SSSR count). The number of nitro benzene ring substituents is 2. The lowest BCUT2D eigenvalue weighted by Crippen LogP contribution is -2.13. The molecule has 0 fully saturated rings. The van der Waals surface area contributed by atoms with E-state index in [0.717, 1.165) is 12.1 Å². The zero-order valence-electron chi connectivity index (χ0n) is 21.8. The van der Waals surface area contributed by atoms with Crippen LogP contribution in [0.3, 0.4) is 0 Å². The van der Waals surface area contributed by atoms with Crippen LogP contribution >= 0.6 is 23.2 Å². The number of carbonyl (C=O) groups excluding carboxylic acids is 2. The Kier molecular flexibility index (Phi) is 8.89. The Morgan fingerprint density at radius 2 is 1.02 bits per heavy atom. The lowest BCUT2D eigenvalue weighted by Gasteiger charge is -2.15.